The predicted octanol–water partition coefficient (Wildman–Crippen LogP) is -2.71. The molecule has 0 spiro atoms. The molecule has 8 atom stereocenters. The number of carbonyl (C=O) groups is 1. The fraction of sp³-hybridized carbons (Fsp3) is 0.929. The maximum atomic E-state index is 11.2. The summed E-state index contributed by atoms with van der Waals surface area (Å²) in [5.74, 6) is -2.21. The van der Waals surface area contributed by atoms with Gasteiger partial charge in [0.25, 0.3) is 0 Å². The Hall–Kier alpha value is -0.850. The molecule has 0 aliphatic carbocycles. The van der Waals surface area contributed by atoms with Crippen molar-refractivity contribution in [3.05, 3.63) is 0 Å². The van der Waals surface area contributed by atoms with Gasteiger partial charge < -0.3 is 44.8 Å². The zero-order chi connectivity index (χ0) is 18.4. The van der Waals surface area contributed by atoms with Crippen molar-refractivity contribution in [1.29, 1.82) is 0 Å². The number of hydrogen-bond donors (Lipinski definition) is 6. The van der Waals surface area contributed by atoms with E-state index in [1.54, 1.807) is 0 Å². The number of ether oxygens (including phenoxy) is 3. The smallest absolute Gasteiger partial charge is 0.333 e. The molecule has 0 aromatic heterocycles. The molecule has 0 radical (unpaired) electrons. The Morgan fingerprint density at radius 1 is 1.25 bits per heavy atom. The van der Waals surface area contributed by atoms with Crippen molar-refractivity contribution in [2.24, 2.45) is 5.92 Å². The Labute approximate surface area is 139 Å². The fourth-order valence-corrected chi connectivity index (χ4v) is 2.59. The maximum Gasteiger partial charge on any atom is 0.333 e. The van der Waals surface area contributed by atoms with E-state index in [0.29, 0.717) is 0 Å². The van der Waals surface area contributed by atoms with Crippen LogP contribution >= 0.6 is 0 Å². The molecule has 1 saturated heterocycles. The number of hydrogen-bond acceptors (Lipinski definition) is 9. The fourth-order valence-electron chi connectivity index (χ4n) is 2.59. The van der Waals surface area contributed by atoms with Gasteiger partial charge in [0, 0.05) is 19.6 Å². The van der Waals surface area contributed by atoms with Crippen LogP contribution in [-0.2, 0) is 19.0 Å². The number of aliphatic hydroxyl groups is 5. The summed E-state index contributed by atoms with van der Waals surface area (Å²) in [7, 11) is 1.26. The first-order valence-electron chi connectivity index (χ1n) is 7.60. The van der Waals surface area contributed by atoms with E-state index in [-0.39, 0.29) is 13.0 Å². The Morgan fingerprint density at radius 3 is 2.33 bits per heavy atom. The van der Waals surface area contributed by atoms with Gasteiger partial charge in [-0.05, 0) is 6.42 Å². The van der Waals surface area contributed by atoms with Crippen molar-refractivity contribution < 1.29 is 49.6 Å². The molecule has 0 saturated carbocycles. The van der Waals surface area contributed by atoms with Gasteiger partial charge >= 0.3 is 5.97 Å². The average Bonchev–Trinajstić information content (AvgIpc) is 2.54. The molecule has 142 valence electrons. The summed E-state index contributed by atoms with van der Waals surface area (Å²) in [6, 6.07) is 0. The summed E-state index contributed by atoms with van der Waals surface area (Å²) >= 11 is 0. The first kappa shape index (κ1) is 21.2. The second-order valence-corrected chi connectivity index (χ2v) is 5.74. The Balaban J connectivity index is 2.95. The lowest BCUT2D eigenvalue weighted by molar-refractivity contribution is -0.310. The number of methoxy groups -OCH3 is 1. The highest BCUT2D eigenvalue weighted by Crippen LogP contribution is 2.29. The van der Waals surface area contributed by atoms with Gasteiger partial charge in [-0.1, -0.05) is 6.92 Å². The van der Waals surface area contributed by atoms with E-state index in [4.69, 9.17) is 24.4 Å². The number of carboxylic acid groups (broad SMARTS) is 1. The standard InChI is InChI=1S/C14H26O10/c1-6-9(18)10(19)14(23-11(6)13(20)21)24-12(7(17)3-4-15)8(5-16)22-2/h6-12,14-19H,3-5H2,1-2H3,(H,20,21)/t6?,7-,8?,9?,10?,11?,12?,14?/m0/s1. The third-order valence-electron chi connectivity index (χ3n) is 4.11. The minimum absolute atomic E-state index is 0.103. The zero-order valence-electron chi connectivity index (χ0n) is 13.6. The van der Waals surface area contributed by atoms with E-state index in [9.17, 15) is 25.2 Å². The molecule has 1 heterocycles. The third kappa shape index (κ3) is 4.83. The predicted molar refractivity (Wildman–Crippen MR) is 77.9 cm³/mol. The average molecular weight is 354 g/mol. The van der Waals surface area contributed by atoms with Crippen LogP contribution in [0.2, 0.25) is 0 Å². The van der Waals surface area contributed by atoms with Crippen molar-refractivity contribution in [1.82, 2.24) is 0 Å². The molecule has 24 heavy (non-hydrogen) atoms. The maximum absolute atomic E-state index is 11.2. The molecule has 1 fully saturated rings. The number of aliphatic carboxylic acids is 1. The lowest BCUT2D eigenvalue weighted by Gasteiger charge is -2.42. The minimum atomic E-state index is -1.56. The molecule has 0 aromatic rings. The topological polar surface area (TPSA) is 166 Å². The molecule has 10 heteroatoms. The molecule has 1 aliphatic heterocycles. The summed E-state index contributed by atoms with van der Waals surface area (Å²) in [4.78, 5) is 11.2. The van der Waals surface area contributed by atoms with Crippen LogP contribution in [0.1, 0.15) is 13.3 Å². The zero-order valence-corrected chi connectivity index (χ0v) is 13.6. The van der Waals surface area contributed by atoms with Gasteiger partial charge in [-0.3, -0.25) is 0 Å². The quantitative estimate of drug-likeness (QED) is 0.256. The van der Waals surface area contributed by atoms with Crippen molar-refractivity contribution in [3.63, 3.8) is 0 Å². The first-order valence-corrected chi connectivity index (χ1v) is 7.60. The van der Waals surface area contributed by atoms with Gasteiger partial charge in [0.1, 0.15) is 18.3 Å². The Morgan fingerprint density at radius 2 is 1.88 bits per heavy atom. The summed E-state index contributed by atoms with van der Waals surface area (Å²) in [5.41, 5.74) is 0. The number of rotatable bonds is 9. The van der Waals surface area contributed by atoms with Crippen molar-refractivity contribution in [2.75, 3.05) is 20.3 Å². The van der Waals surface area contributed by atoms with Gasteiger partial charge in [0.15, 0.2) is 12.4 Å². The molecule has 6 N–H and O–H groups in total. The van der Waals surface area contributed by atoms with Gasteiger partial charge in [0.2, 0.25) is 0 Å². The molecular weight excluding hydrogens is 328 g/mol. The second-order valence-electron chi connectivity index (χ2n) is 5.74. The van der Waals surface area contributed by atoms with Crippen LogP contribution in [-0.4, -0.2) is 99.8 Å². The van der Waals surface area contributed by atoms with Crippen molar-refractivity contribution in [2.45, 2.75) is 56.3 Å². The van der Waals surface area contributed by atoms with Crippen LogP contribution in [0.3, 0.4) is 0 Å². The van der Waals surface area contributed by atoms with Crippen LogP contribution in [0, 0.1) is 5.92 Å². The first-order chi connectivity index (χ1) is 11.3. The van der Waals surface area contributed by atoms with Gasteiger partial charge in [-0.2, -0.15) is 0 Å². The van der Waals surface area contributed by atoms with Gasteiger partial charge in [0.05, 0.1) is 18.8 Å². The van der Waals surface area contributed by atoms with Crippen LogP contribution < -0.4 is 0 Å². The molecule has 0 bridgehead atoms. The van der Waals surface area contributed by atoms with E-state index >= 15 is 0 Å². The summed E-state index contributed by atoms with van der Waals surface area (Å²) in [5, 5.41) is 57.5. The molecule has 7 unspecified atom stereocenters. The molecular formula is C14H26O10. The second kappa shape index (κ2) is 9.59. The van der Waals surface area contributed by atoms with Crippen molar-refractivity contribution in [3.8, 4) is 0 Å². The molecule has 1 aliphatic rings. The Bertz CT molecular complexity index is 388. The largest absolute Gasteiger partial charge is 0.479 e. The highest BCUT2D eigenvalue weighted by atomic mass is 16.7. The normalized spacial score (nSPS) is 34.5. The lowest BCUT2D eigenvalue weighted by atomic mass is 9.90. The van der Waals surface area contributed by atoms with Crippen LogP contribution in [0.4, 0.5) is 0 Å². The minimum Gasteiger partial charge on any atom is -0.479 e. The van der Waals surface area contributed by atoms with Crippen molar-refractivity contribution >= 4 is 5.97 Å². The molecule has 0 amide bonds. The van der Waals surface area contributed by atoms with E-state index in [2.05, 4.69) is 0 Å². The van der Waals surface area contributed by atoms with E-state index in [1.807, 2.05) is 0 Å². The van der Waals surface area contributed by atoms with E-state index < -0.39 is 61.4 Å². The van der Waals surface area contributed by atoms with E-state index in [1.165, 1.54) is 14.0 Å². The van der Waals surface area contributed by atoms with Crippen LogP contribution in [0.5, 0.6) is 0 Å². The van der Waals surface area contributed by atoms with Gasteiger partial charge in [-0.25, -0.2) is 4.79 Å². The summed E-state index contributed by atoms with van der Waals surface area (Å²) in [6.07, 6.45) is -9.56. The number of carboxylic acids is 1. The summed E-state index contributed by atoms with van der Waals surface area (Å²) in [6.45, 7) is 0.509. The Kier molecular flexibility index (Phi) is 8.46. The molecule has 0 aromatic carbocycles. The lowest BCUT2D eigenvalue weighted by Crippen LogP contribution is -2.59. The SMILES string of the molecule is COC(CO)C(OC1OC(C(=O)O)C(C)C(O)C1O)[C@@H](O)CCO. The highest BCUT2D eigenvalue weighted by molar-refractivity contribution is 5.73. The molecule has 10 nitrogen and oxygen atoms in total. The summed E-state index contributed by atoms with van der Waals surface area (Å²) < 4.78 is 15.6. The third-order valence-corrected chi connectivity index (χ3v) is 4.11. The van der Waals surface area contributed by atoms with Gasteiger partial charge in [-0.15, -0.1) is 0 Å². The molecule has 1 rings (SSSR count). The monoisotopic (exact) mass is 354 g/mol. The number of aliphatic hydroxyl groups excluding tert-OH is 5. The van der Waals surface area contributed by atoms with Crippen LogP contribution in [0.25, 0.3) is 0 Å². The highest BCUT2D eigenvalue weighted by Gasteiger charge is 2.47. The van der Waals surface area contributed by atoms with Crippen LogP contribution in [0.15, 0.2) is 0 Å². The van der Waals surface area contributed by atoms with E-state index in [0.717, 1.165) is 0 Å².